The third-order valence-electron chi connectivity index (χ3n) is 13.3. The number of ether oxygens (including phenoxy) is 2. The lowest BCUT2D eigenvalue weighted by atomic mass is 9.44. The molecule has 0 aromatic carbocycles. The number of carboxylic acids is 1. The normalized spacial score (nSPS) is 52.8. The second kappa shape index (κ2) is 8.64. The molecule has 0 amide bonds. The minimum atomic E-state index is -2.34. The van der Waals surface area contributed by atoms with Gasteiger partial charge in [0, 0.05) is 22.7 Å². The zero-order valence-corrected chi connectivity index (χ0v) is 24.7. The van der Waals surface area contributed by atoms with Crippen LogP contribution < -0.4 is 0 Å². The molecule has 0 aliphatic heterocycles. The van der Waals surface area contributed by atoms with Gasteiger partial charge in [-0.05, 0) is 85.8 Å². The van der Waals surface area contributed by atoms with Crippen LogP contribution in [0.15, 0.2) is 23.8 Å². The van der Waals surface area contributed by atoms with Crippen molar-refractivity contribution in [1.29, 1.82) is 0 Å². The topological polar surface area (TPSA) is 110 Å². The highest BCUT2D eigenvalue weighted by Crippen LogP contribution is 2.71. The Labute approximate surface area is 239 Å². The van der Waals surface area contributed by atoms with Crippen molar-refractivity contribution in [3.05, 3.63) is 23.8 Å². The van der Waals surface area contributed by atoms with Crippen molar-refractivity contribution in [3.63, 3.8) is 0 Å². The maximum Gasteiger partial charge on any atom is 0.509 e. The van der Waals surface area contributed by atoms with Gasteiger partial charge in [0.2, 0.25) is 5.60 Å². The first-order valence-corrected chi connectivity index (χ1v) is 15.0. The Kier molecular flexibility index (Phi) is 6.07. The van der Waals surface area contributed by atoms with E-state index in [1.807, 2.05) is 6.92 Å². The highest BCUT2D eigenvalue weighted by molar-refractivity contribution is 6.01. The van der Waals surface area contributed by atoms with Crippen molar-refractivity contribution < 1.29 is 42.9 Å². The molecule has 41 heavy (non-hydrogen) atoms. The summed E-state index contributed by atoms with van der Waals surface area (Å²) in [5.41, 5.74) is -7.24. The molecule has 0 aromatic heterocycles. The molecule has 6 saturated carbocycles. The van der Waals surface area contributed by atoms with Gasteiger partial charge in [-0.3, -0.25) is 4.79 Å². The second-order valence-corrected chi connectivity index (χ2v) is 15.0. The molecule has 2 N–H and O–H groups in total. The fourth-order valence-electron chi connectivity index (χ4n) is 10.8. The molecule has 7 rings (SSSR count). The fraction of sp³-hybridized carbons (Fsp3) is 0.781. The van der Waals surface area contributed by atoms with Gasteiger partial charge in [0.15, 0.2) is 11.5 Å². The van der Waals surface area contributed by atoms with Crippen LogP contribution in [-0.2, 0) is 19.1 Å². The number of hydrogen-bond donors (Lipinski definition) is 2. The minimum Gasteiger partial charge on any atom is -0.478 e. The molecule has 13 atom stereocenters. The molecule has 7 nitrogen and oxygen atoms in total. The summed E-state index contributed by atoms with van der Waals surface area (Å²) in [4.78, 5) is 38.6. The van der Waals surface area contributed by atoms with E-state index in [1.165, 1.54) is 19.1 Å². The summed E-state index contributed by atoms with van der Waals surface area (Å²) in [5.74, 6) is -3.43. The molecular weight excluding hydrogens is 534 g/mol. The maximum atomic E-state index is 17.4. The van der Waals surface area contributed by atoms with Crippen molar-refractivity contribution in [2.75, 3.05) is 0 Å². The molecule has 0 heterocycles. The lowest BCUT2D eigenvalue weighted by Gasteiger charge is -2.63. The number of fused-ring (bicyclic) bond motifs is 7. The van der Waals surface area contributed by atoms with E-state index in [4.69, 9.17) is 9.47 Å². The van der Waals surface area contributed by atoms with Gasteiger partial charge < -0.3 is 19.7 Å². The Balaban J connectivity index is 1.32. The van der Waals surface area contributed by atoms with Crippen molar-refractivity contribution in [2.24, 2.45) is 51.8 Å². The number of hydrogen-bond acceptors (Lipinski definition) is 6. The van der Waals surface area contributed by atoms with E-state index in [2.05, 4.69) is 13.8 Å². The smallest absolute Gasteiger partial charge is 0.478 e. The molecule has 2 bridgehead atoms. The number of allylic oxidation sites excluding steroid dienone is 4. The van der Waals surface area contributed by atoms with Gasteiger partial charge >= 0.3 is 12.1 Å². The van der Waals surface area contributed by atoms with Gasteiger partial charge in [-0.1, -0.05) is 40.7 Å². The van der Waals surface area contributed by atoms with E-state index >= 15 is 8.78 Å². The zero-order valence-electron chi connectivity index (χ0n) is 24.7. The molecule has 1 unspecified atom stereocenters. The van der Waals surface area contributed by atoms with Crippen LogP contribution in [0.4, 0.5) is 13.6 Å². The number of rotatable bonds is 3. The van der Waals surface area contributed by atoms with Gasteiger partial charge in [0.05, 0.1) is 6.10 Å². The first kappa shape index (κ1) is 28.8. The van der Waals surface area contributed by atoms with Crippen LogP contribution in [0.25, 0.3) is 0 Å². The molecule has 0 spiro atoms. The number of alkyl halides is 2. The van der Waals surface area contributed by atoms with E-state index in [1.54, 1.807) is 13.8 Å². The van der Waals surface area contributed by atoms with E-state index in [0.29, 0.717) is 18.3 Å². The minimum absolute atomic E-state index is 0.00426. The number of carbonyl (C=O) groups excluding carboxylic acids is 2. The first-order chi connectivity index (χ1) is 18.9. The number of ketones is 1. The van der Waals surface area contributed by atoms with Gasteiger partial charge in [-0.15, -0.1) is 0 Å². The summed E-state index contributed by atoms with van der Waals surface area (Å²) in [5, 5.41) is 22.2. The largest absolute Gasteiger partial charge is 0.509 e. The van der Waals surface area contributed by atoms with Gasteiger partial charge in [-0.25, -0.2) is 18.4 Å². The van der Waals surface area contributed by atoms with Crippen molar-refractivity contribution in [1.82, 2.24) is 0 Å². The quantitative estimate of drug-likeness (QED) is 0.421. The molecule has 0 radical (unpaired) electrons. The molecule has 6 fully saturated rings. The Morgan fingerprint density at radius 3 is 2.32 bits per heavy atom. The van der Waals surface area contributed by atoms with E-state index in [-0.39, 0.29) is 36.2 Å². The SMILES string of the molecule is C[C@@H]1[C@@H](OC(=O)O[C@@]2(C(=O)O)[C@H](C)C[C@H]3[C@@H]4C[C@H](F)C5=CC(=O)C=C[C@]5(C)C4(F)[C@@H](O)C[C@@]32C)C[C@H]2C[C@@H]1C2(C)C. The number of carbonyl (C=O) groups is 3. The number of halogens is 2. The highest BCUT2D eigenvalue weighted by atomic mass is 19.1. The van der Waals surface area contributed by atoms with Crippen LogP contribution in [0.1, 0.15) is 73.6 Å². The predicted octanol–water partition coefficient (Wildman–Crippen LogP) is 5.60. The molecular formula is C32H42F2O7. The molecule has 9 heteroatoms. The van der Waals surface area contributed by atoms with Crippen LogP contribution in [0.3, 0.4) is 0 Å². The first-order valence-electron chi connectivity index (χ1n) is 15.0. The molecule has 0 aromatic rings. The zero-order chi connectivity index (χ0) is 30.1. The average Bonchev–Trinajstić information content (AvgIpc) is 3.10. The Morgan fingerprint density at radius 1 is 1.02 bits per heavy atom. The number of aliphatic hydroxyl groups is 1. The second-order valence-electron chi connectivity index (χ2n) is 15.0. The van der Waals surface area contributed by atoms with E-state index < -0.39 is 76.1 Å². The number of aliphatic carboxylic acids is 1. The standard InChI is InChI=1S/C32H42F2O7/c1-15-9-20-21-13-23(33)22-12-18(35)7-8-29(22,5)31(21,34)25(36)14-30(20,6)32(15,26(37)38)41-27(39)40-24-11-17-10-19(16(24)2)28(17,3)4/h7-8,12,15-17,19-21,23-25,36H,9-11,13-14H2,1-6H3,(H,37,38)/t15-,16+,17-,19+,20+,21+,23+,24+,25+,29+,30+,31?,32-/m1/s1. The van der Waals surface area contributed by atoms with Crippen LogP contribution in [0.5, 0.6) is 0 Å². The van der Waals surface area contributed by atoms with E-state index in [0.717, 1.165) is 12.5 Å². The lowest BCUT2D eigenvalue weighted by Crippen LogP contribution is -2.71. The maximum absolute atomic E-state index is 17.4. The summed E-state index contributed by atoms with van der Waals surface area (Å²) in [6.45, 7) is 11.3. The predicted molar refractivity (Wildman–Crippen MR) is 144 cm³/mol. The molecule has 0 saturated heterocycles. The van der Waals surface area contributed by atoms with Crippen molar-refractivity contribution in [3.8, 4) is 0 Å². The number of aliphatic hydroxyl groups excluding tert-OH is 1. The lowest BCUT2D eigenvalue weighted by molar-refractivity contribution is -0.234. The summed E-state index contributed by atoms with van der Waals surface area (Å²) < 4.78 is 44.8. The number of carboxylic acid groups (broad SMARTS) is 1. The van der Waals surface area contributed by atoms with Crippen LogP contribution in [0, 0.1) is 51.8 Å². The monoisotopic (exact) mass is 576 g/mol. The van der Waals surface area contributed by atoms with Crippen LogP contribution >= 0.6 is 0 Å². The molecule has 7 aliphatic carbocycles. The van der Waals surface area contributed by atoms with Gasteiger partial charge in [-0.2, -0.15) is 0 Å². The Hall–Kier alpha value is -2.29. The molecule has 7 aliphatic rings. The summed E-state index contributed by atoms with van der Waals surface area (Å²) in [7, 11) is 0. The van der Waals surface area contributed by atoms with Crippen molar-refractivity contribution in [2.45, 2.75) is 103 Å². The third-order valence-corrected chi connectivity index (χ3v) is 13.3. The average molecular weight is 577 g/mol. The third kappa shape index (κ3) is 3.36. The van der Waals surface area contributed by atoms with Crippen LogP contribution in [-0.4, -0.2) is 57.8 Å². The van der Waals surface area contributed by atoms with Gasteiger partial charge in [0.25, 0.3) is 0 Å². The Bertz CT molecular complexity index is 1260. The summed E-state index contributed by atoms with van der Waals surface area (Å²) >= 11 is 0. The summed E-state index contributed by atoms with van der Waals surface area (Å²) in [6, 6.07) is 0. The van der Waals surface area contributed by atoms with Crippen molar-refractivity contribution >= 4 is 17.9 Å². The summed E-state index contributed by atoms with van der Waals surface area (Å²) in [6.07, 6.45) is 0.208. The van der Waals surface area contributed by atoms with Crippen LogP contribution in [0.2, 0.25) is 0 Å². The fourth-order valence-corrected chi connectivity index (χ4v) is 10.8. The van der Waals surface area contributed by atoms with Gasteiger partial charge in [0.1, 0.15) is 12.3 Å². The van der Waals surface area contributed by atoms with E-state index in [9.17, 15) is 24.6 Å². The Morgan fingerprint density at radius 2 is 1.71 bits per heavy atom. The highest BCUT2D eigenvalue weighted by Gasteiger charge is 2.78. The molecule has 226 valence electrons.